The van der Waals surface area contributed by atoms with Crippen LogP contribution in [0, 0.1) is 5.41 Å². The minimum atomic E-state index is -0.981. The summed E-state index contributed by atoms with van der Waals surface area (Å²) in [4.78, 5) is 11.7. The van der Waals surface area contributed by atoms with Gasteiger partial charge in [-0.3, -0.25) is 5.41 Å². The van der Waals surface area contributed by atoms with Crippen molar-refractivity contribution in [1.29, 1.82) is 5.41 Å². The van der Waals surface area contributed by atoms with Gasteiger partial charge in [0, 0.05) is 7.05 Å². The predicted molar refractivity (Wildman–Crippen MR) is 106 cm³/mol. The van der Waals surface area contributed by atoms with Crippen LogP contribution < -0.4 is 15.4 Å². The molecule has 0 aliphatic carbocycles. The number of unbranched alkanes of at least 4 members (excludes halogenated alkanes) is 1. The molecule has 3 N–H and O–H groups in total. The number of benzene rings is 2. The summed E-state index contributed by atoms with van der Waals surface area (Å²) < 4.78 is 5.79. The van der Waals surface area contributed by atoms with Gasteiger partial charge in [0.1, 0.15) is 17.6 Å². The monoisotopic (exact) mass is 353 g/mol. The molecule has 0 fully saturated rings. The fraction of sp³-hybridized carbons (Fsp3) is 0.333. The number of carbonyl (C=O) groups is 1. The van der Waals surface area contributed by atoms with E-state index in [2.05, 4.69) is 17.6 Å². The van der Waals surface area contributed by atoms with Gasteiger partial charge in [-0.15, -0.1) is 0 Å². The van der Waals surface area contributed by atoms with Gasteiger partial charge in [0.05, 0.1) is 6.61 Å². The normalized spacial score (nSPS) is 12.7. The molecule has 138 valence electrons. The lowest BCUT2D eigenvalue weighted by atomic mass is 9.91. The highest BCUT2D eigenvalue weighted by molar-refractivity contribution is 5.83. The molecule has 2 aromatic carbocycles. The van der Waals surface area contributed by atoms with E-state index in [1.54, 1.807) is 14.0 Å². The Balaban J connectivity index is 2.29. The Morgan fingerprint density at radius 2 is 1.88 bits per heavy atom. The third-order valence-electron chi connectivity index (χ3n) is 4.27. The van der Waals surface area contributed by atoms with E-state index in [1.165, 1.54) is 0 Å². The lowest BCUT2D eigenvalue weighted by Gasteiger charge is -2.27. The highest BCUT2D eigenvalue weighted by atomic mass is 16.5. The molecule has 2 rings (SSSR count). The molecule has 0 bridgehead atoms. The first-order valence-corrected chi connectivity index (χ1v) is 8.87. The van der Waals surface area contributed by atoms with Crippen LogP contribution in [0.1, 0.15) is 32.3 Å². The molecule has 0 aliphatic heterocycles. The van der Waals surface area contributed by atoms with Gasteiger partial charge in [0.15, 0.2) is 5.96 Å². The Hall–Kier alpha value is -2.82. The molecule has 0 saturated carbocycles. The number of rotatable bonds is 8. The van der Waals surface area contributed by atoms with Crippen molar-refractivity contribution < 1.29 is 9.53 Å². The quantitative estimate of drug-likeness (QED) is 0.293. The fourth-order valence-electron chi connectivity index (χ4n) is 2.61. The lowest BCUT2D eigenvalue weighted by molar-refractivity contribution is -0.112. The van der Waals surface area contributed by atoms with Crippen molar-refractivity contribution in [3.63, 3.8) is 0 Å². The number of guanidine groups is 1. The summed E-state index contributed by atoms with van der Waals surface area (Å²) in [5, 5.41) is 13.4. The first-order valence-electron chi connectivity index (χ1n) is 8.87. The Bertz CT molecular complexity index is 760. The van der Waals surface area contributed by atoms with Crippen LogP contribution in [0.25, 0.3) is 11.1 Å². The molecule has 0 amide bonds. The van der Waals surface area contributed by atoms with Crippen molar-refractivity contribution >= 4 is 12.2 Å². The van der Waals surface area contributed by atoms with E-state index in [4.69, 9.17) is 10.1 Å². The SMILES string of the molecule is CCCCOc1cccc(-c2cccc(C(C)(C=O)NC(=N)NC)c2)c1. The summed E-state index contributed by atoms with van der Waals surface area (Å²) >= 11 is 0. The number of aldehydes is 1. The average molecular weight is 353 g/mol. The average Bonchev–Trinajstić information content (AvgIpc) is 2.68. The van der Waals surface area contributed by atoms with Crippen LogP contribution in [0.2, 0.25) is 0 Å². The van der Waals surface area contributed by atoms with Gasteiger partial charge in [-0.2, -0.15) is 0 Å². The molecule has 0 spiro atoms. The zero-order valence-electron chi connectivity index (χ0n) is 15.6. The third-order valence-corrected chi connectivity index (χ3v) is 4.27. The molecule has 1 atom stereocenters. The van der Waals surface area contributed by atoms with Gasteiger partial charge in [0.25, 0.3) is 0 Å². The van der Waals surface area contributed by atoms with Gasteiger partial charge >= 0.3 is 0 Å². The lowest BCUT2D eigenvalue weighted by Crippen LogP contribution is -2.48. The topological polar surface area (TPSA) is 74.2 Å². The largest absolute Gasteiger partial charge is 0.494 e. The molecule has 1 unspecified atom stereocenters. The number of ether oxygens (including phenoxy) is 1. The highest BCUT2D eigenvalue weighted by Crippen LogP contribution is 2.28. The van der Waals surface area contributed by atoms with Crippen LogP contribution in [-0.4, -0.2) is 25.9 Å². The summed E-state index contributed by atoms with van der Waals surface area (Å²) in [6, 6.07) is 15.7. The van der Waals surface area contributed by atoms with E-state index in [1.807, 2.05) is 48.5 Å². The minimum absolute atomic E-state index is 0.0938. The highest BCUT2D eigenvalue weighted by Gasteiger charge is 2.27. The molecule has 5 heteroatoms. The summed E-state index contributed by atoms with van der Waals surface area (Å²) in [6.07, 6.45) is 2.95. The molecule has 0 aromatic heterocycles. The molecule has 2 aromatic rings. The van der Waals surface area contributed by atoms with Gasteiger partial charge in [0.2, 0.25) is 0 Å². The number of carbonyl (C=O) groups excluding carboxylic acids is 1. The van der Waals surface area contributed by atoms with Crippen LogP contribution in [0.15, 0.2) is 48.5 Å². The number of hydrogen-bond donors (Lipinski definition) is 3. The Morgan fingerprint density at radius 3 is 2.54 bits per heavy atom. The molecule has 0 radical (unpaired) electrons. The molecular formula is C21H27N3O2. The second-order valence-corrected chi connectivity index (χ2v) is 6.38. The van der Waals surface area contributed by atoms with Crippen molar-refractivity contribution in [2.24, 2.45) is 0 Å². The first kappa shape index (κ1) is 19.5. The summed E-state index contributed by atoms with van der Waals surface area (Å²) in [6.45, 7) is 4.60. The van der Waals surface area contributed by atoms with Crippen molar-refractivity contribution in [1.82, 2.24) is 10.6 Å². The van der Waals surface area contributed by atoms with Crippen LogP contribution in [0.5, 0.6) is 5.75 Å². The zero-order valence-corrected chi connectivity index (χ0v) is 15.6. The zero-order chi connectivity index (χ0) is 19.0. The van der Waals surface area contributed by atoms with Gasteiger partial charge in [-0.05, 0) is 48.2 Å². The molecule has 5 nitrogen and oxygen atoms in total. The standard InChI is InChI=1S/C21H27N3O2/c1-4-5-12-26-19-11-7-9-17(14-19)16-8-6-10-18(13-16)21(2,15-25)24-20(22)23-3/h6-11,13-15H,4-5,12H2,1-3H3,(H3,22,23,24). The van der Waals surface area contributed by atoms with Crippen LogP contribution in [-0.2, 0) is 10.3 Å². The Morgan fingerprint density at radius 1 is 1.19 bits per heavy atom. The van der Waals surface area contributed by atoms with Crippen molar-refractivity contribution in [2.45, 2.75) is 32.2 Å². The minimum Gasteiger partial charge on any atom is -0.494 e. The van der Waals surface area contributed by atoms with Crippen LogP contribution in [0.3, 0.4) is 0 Å². The maximum atomic E-state index is 11.7. The summed E-state index contributed by atoms with van der Waals surface area (Å²) in [5.74, 6) is 0.936. The molecule has 0 heterocycles. The van der Waals surface area contributed by atoms with E-state index >= 15 is 0 Å². The van der Waals surface area contributed by atoms with Gasteiger partial charge < -0.3 is 20.2 Å². The third kappa shape index (κ3) is 4.85. The fourth-order valence-corrected chi connectivity index (χ4v) is 2.61. The van der Waals surface area contributed by atoms with Crippen LogP contribution in [0.4, 0.5) is 0 Å². The van der Waals surface area contributed by atoms with E-state index in [-0.39, 0.29) is 5.96 Å². The smallest absolute Gasteiger partial charge is 0.189 e. The van der Waals surface area contributed by atoms with E-state index in [9.17, 15) is 4.79 Å². The molecular weight excluding hydrogens is 326 g/mol. The van der Waals surface area contributed by atoms with Crippen LogP contribution >= 0.6 is 0 Å². The Kier molecular flexibility index (Phi) is 6.78. The van der Waals surface area contributed by atoms with Crippen molar-refractivity contribution in [3.05, 3.63) is 54.1 Å². The maximum Gasteiger partial charge on any atom is 0.189 e. The maximum absolute atomic E-state index is 11.7. The van der Waals surface area contributed by atoms with Gasteiger partial charge in [-0.1, -0.05) is 43.7 Å². The summed E-state index contributed by atoms with van der Waals surface area (Å²) in [5.41, 5.74) is 1.83. The number of nitrogens with one attached hydrogen (secondary N) is 3. The van der Waals surface area contributed by atoms with E-state index in [0.717, 1.165) is 41.6 Å². The first-order chi connectivity index (χ1) is 12.5. The van der Waals surface area contributed by atoms with E-state index in [0.29, 0.717) is 6.61 Å². The summed E-state index contributed by atoms with van der Waals surface area (Å²) in [7, 11) is 1.64. The van der Waals surface area contributed by atoms with Crippen molar-refractivity contribution in [2.75, 3.05) is 13.7 Å². The number of hydrogen-bond acceptors (Lipinski definition) is 3. The van der Waals surface area contributed by atoms with Crippen molar-refractivity contribution in [3.8, 4) is 16.9 Å². The van der Waals surface area contributed by atoms with E-state index < -0.39 is 5.54 Å². The predicted octanol–water partition coefficient (Wildman–Crippen LogP) is 3.69. The second-order valence-electron chi connectivity index (χ2n) is 6.38. The Labute approximate surface area is 155 Å². The molecule has 0 saturated heterocycles. The second kappa shape index (κ2) is 9.04. The molecule has 0 aliphatic rings. The molecule has 26 heavy (non-hydrogen) atoms. The van der Waals surface area contributed by atoms with Gasteiger partial charge in [-0.25, -0.2) is 0 Å².